The fourth-order valence-electron chi connectivity index (χ4n) is 0.383. The van der Waals surface area contributed by atoms with Crippen molar-refractivity contribution in [3.63, 3.8) is 0 Å². The van der Waals surface area contributed by atoms with Gasteiger partial charge in [0.2, 0.25) is 0 Å². The van der Waals surface area contributed by atoms with Gasteiger partial charge in [0.15, 0.2) is 0 Å². The molecule has 0 spiro atoms. The second kappa shape index (κ2) is 4.13. The van der Waals surface area contributed by atoms with Crippen molar-refractivity contribution in [3.8, 4) is 0 Å². The highest BCUT2D eigenvalue weighted by Gasteiger charge is 1.83. The Morgan fingerprint density at radius 1 is 1.33 bits per heavy atom. The molecule has 0 unspecified atom stereocenters. The number of hydrogen-bond donors (Lipinski definition) is 0. The molecule has 0 aromatic rings. The van der Waals surface area contributed by atoms with Gasteiger partial charge in [-0.15, -0.1) is 0 Å². The summed E-state index contributed by atoms with van der Waals surface area (Å²) in [6.45, 7) is 9.88. The van der Waals surface area contributed by atoms with E-state index in [-0.39, 0.29) is 0 Å². The first-order chi connectivity index (χ1) is 4.18. The van der Waals surface area contributed by atoms with Crippen LogP contribution in [0.4, 0.5) is 0 Å². The van der Waals surface area contributed by atoms with Gasteiger partial charge in [-0.3, -0.25) is 0 Å². The van der Waals surface area contributed by atoms with E-state index in [4.69, 9.17) is 0 Å². The summed E-state index contributed by atoms with van der Waals surface area (Å²) in [5.41, 5.74) is 2.38. The molecule has 50 valence electrons. The van der Waals surface area contributed by atoms with E-state index in [0.717, 1.165) is 5.57 Å². The number of rotatable bonds is 2. The molecule has 0 fully saturated rings. The Labute approximate surface area is 57.6 Å². The van der Waals surface area contributed by atoms with Crippen LogP contribution in [0.15, 0.2) is 36.0 Å². The van der Waals surface area contributed by atoms with E-state index in [1.54, 1.807) is 0 Å². The fourth-order valence-corrected chi connectivity index (χ4v) is 0.383. The van der Waals surface area contributed by atoms with Gasteiger partial charge in [0.1, 0.15) is 0 Å². The lowest BCUT2D eigenvalue weighted by Gasteiger charge is -1.93. The fraction of sp³-hybridized carbons (Fsp3) is 0.333. The minimum Gasteiger partial charge on any atom is -0.0958 e. The van der Waals surface area contributed by atoms with Gasteiger partial charge in [0.25, 0.3) is 0 Å². The molecule has 0 nitrogen and oxygen atoms in total. The van der Waals surface area contributed by atoms with Gasteiger partial charge < -0.3 is 0 Å². The highest BCUT2D eigenvalue weighted by Crippen LogP contribution is 2.03. The zero-order valence-corrected chi connectivity index (χ0v) is 6.44. The summed E-state index contributed by atoms with van der Waals surface area (Å²) in [4.78, 5) is 0. The molecule has 0 N–H and O–H groups in total. The van der Waals surface area contributed by atoms with Crippen molar-refractivity contribution in [2.75, 3.05) is 0 Å². The Morgan fingerprint density at radius 2 is 1.89 bits per heavy atom. The van der Waals surface area contributed by atoms with Crippen LogP contribution in [0.2, 0.25) is 0 Å². The van der Waals surface area contributed by atoms with E-state index in [2.05, 4.69) is 19.6 Å². The zero-order valence-electron chi connectivity index (χ0n) is 6.44. The lowest BCUT2D eigenvalue weighted by Crippen LogP contribution is -1.72. The summed E-state index contributed by atoms with van der Waals surface area (Å²) in [7, 11) is 0. The van der Waals surface area contributed by atoms with Gasteiger partial charge in [-0.25, -0.2) is 0 Å². The Hall–Kier alpha value is -0.780. The highest BCUT2D eigenvalue weighted by molar-refractivity contribution is 5.27. The zero-order chi connectivity index (χ0) is 7.28. The number of allylic oxidation sites excluding steroid dienone is 5. The first-order valence-electron chi connectivity index (χ1n) is 3.14. The van der Waals surface area contributed by atoms with E-state index in [9.17, 15) is 0 Å². The summed E-state index contributed by atoms with van der Waals surface area (Å²) < 4.78 is 0. The van der Waals surface area contributed by atoms with E-state index in [1.807, 2.05) is 26.0 Å². The third kappa shape index (κ3) is 3.77. The van der Waals surface area contributed by atoms with Crippen molar-refractivity contribution >= 4 is 0 Å². The summed E-state index contributed by atoms with van der Waals surface area (Å²) in [5.74, 6) is 0. The molecule has 0 aliphatic heterocycles. The van der Waals surface area contributed by atoms with Gasteiger partial charge >= 0.3 is 0 Å². The molecule has 9 heavy (non-hydrogen) atoms. The Balaban J connectivity index is 4.00. The monoisotopic (exact) mass is 122 g/mol. The smallest absolute Gasteiger partial charge is 0.0395 e. The van der Waals surface area contributed by atoms with Crippen LogP contribution in [0.5, 0.6) is 0 Å². The quantitative estimate of drug-likeness (QED) is 0.494. The summed E-state index contributed by atoms with van der Waals surface area (Å²) in [6.07, 6.45) is 6.08. The molecular weight excluding hydrogens is 108 g/mol. The molecule has 0 atom stereocenters. The lowest BCUT2D eigenvalue weighted by molar-refractivity contribution is 1.36. The lowest BCUT2D eigenvalue weighted by atomic mass is 10.1. The minimum atomic E-state index is 1.13. The normalized spacial score (nSPS) is 12.6. The molecular formula is C9H14. The summed E-state index contributed by atoms with van der Waals surface area (Å²) in [6, 6.07) is 0. The maximum Gasteiger partial charge on any atom is -0.0395 e. The van der Waals surface area contributed by atoms with Crippen molar-refractivity contribution in [3.05, 3.63) is 36.0 Å². The third-order valence-corrected chi connectivity index (χ3v) is 1.21. The molecule has 0 heteroatoms. The van der Waals surface area contributed by atoms with E-state index >= 15 is 0 Å². The van der Waals surface area contributed by atoms with Gasteiger partial charge in [-0.05, 0) is 26.3 Å². The van der Waals surface area contributed by atoms with E-state index in [0.29, 0.717) is 0 Å². The molecule has 0 rings (SSSR count). The summed E-state index contributed by atoms with van der Waals surface area (Å²) in [5, 5.41) is 0. The molecule has 0 aromatic heterocycles. The maximum absolute atomic E-state index is 3.81. The van der Waals surface area contributed by atoms with Gasteiger partial charge in [-0.1, -0.05) is 30.4 Å². The number of hydrogen-bond acceptors (Lipinski definition) is 0. The average molecular weight is 122 g/mol. The molecule has 0 aliphatic rings. The van der Waals surface area contributed by atoms with Gasteiger partial charge in [0, 0.05) is 0 Å². The molecule has 0 amide bonds. The molecule has 0 saturated carbocycles. The van der Waals surface area contributed by atoms with Crippen molar-refractivity contribution in [1.29, 1.82) is 0 Å². The van der Waals surface area contributed by atoms with Crippen molar-refractivity contribution in [1.82, 2.24) is 0 Å². The molecule has 0 heterocycles. The molecule has 0 aliphatic carbocycles. The maximum atomic E-state index is 3.81. The standard InChI is InChI=1S/C9H14/c1-5-6-7-9(4)8(2)3/h5-7H,2H2,1,3-4H3/b6-5+,9-7+. The third-order valence-electron chi connectivity index (χ3n) is 1.21. The van der Waals surface area contributed by atoms with Crippen LogP contribution in [-0.4, -0.2) is 0 Å². The van der Waals surface area contributed by atoms with Crippen molar-refractivity contribution < 1.29 is 0 Å². The average Bonchev–Trinajstić information content (AvgIpc) is 1.82. The van der Waals surface area contributed by atoms with E-state index < -0.39 is 0 Å². The predicted molar refractivity (Wildman–Crippen MR) is 43.4 cm³/mol. The minimum absolute atomic E-state index is 1.13. The Bertz CT molecular complexity index is 147. The highest BCUT2D eigenvalue weighted by atomic mass is 13.9. The molecule has 0 aromatic carbocycles. The van der Waals surface area contributed by atoms with Crippen LogP contribution in [0.1, 0.15) is 20.8 Å². The Kier molecular flexibility index (Phi) is 3.78. The summed E-state index contributed by atoms with van der Waals surface area (Å²) >= 11 is 0. The topological polar surface area (TPSA) is 0 Å². The SMILES string of the molecule is C=C(C)/C(C)=C/C=C/C. The molecule has 0 saturated heterocycles. The van der Waals surface area contributed by atoms with Crippen LogP contribution >= 0.6 is 0 Å². The first-order valence-corrected chi connectivity index (χ1v) is 3.14. The predicted octanol–water partition coefficient (Wildman–Crippen LogP) is 3.08. The molecule has 0 bridgehead atoms. The van der Waals surface area contributed by atoms with Crippen LogP contribution in [0.25, 0.3) is 0 Å². The second-order valence-electron chi connectivity index (χ2n) is 2.16. The van der Waals surface area contributed by atoms with Crippen LogP contribution < -0.4 is 0 Å². The van der Waals surface area contributed by atoms with Gasteiger partial charge in [-0.2, -0.15) is 0 Å². The Morgan fingerprint density at radius 3 is 2.22 bits per heavy atom. The van der Waals surface area contributed by atoms with Crippen molar-refractivity contribution in [2.45, 2.75) is 20.8 Å². The van der Waals surface area contributed by atoms with Crippen molar-refractivity contribution in [2.24, 2.45) is 0 Å². The van der Waals surface area contributed by atoms with E-state index in [1.165, 1.54) is 5.57 Å². The molecule has 0 radical (unpaired) electrons. The van der Waals surface area contributed by atoms with Crippen LogP contribution in [0.3, 0.4) is 0 Å². The van der Waals surface area contributed by atoms with Crippen LogP contribution in [-0.2, 0) is 0 Å². The van der Waals surface area contributed by atoms with Gasteiger partial charge in [0.05, 0.1) is 0 Å². The first kappa shape index (κ1) is 8.22. The largest absolute Gasteiger partial charge is 0.0958 e. The van der Waals surface area contributed by atoms with Crippen LogP contribution in [0, 0.1) is 0 Å². The second-order valence-corrected chi connectivity index (χ2v) is 2.16.